The van der Waals surface area contributed by atoms with Crippen LogP contribution in [0.15, 0.2) is 48.5 Å². The summed E-state index contributed by atoms with van der Waals surface area (Å²) in [5.41, 5.74) is 6.85. The topological polar surface area (TPSA) is 44.5 Å². The number of benzene rings is 2. The molecule has 2 rings (SSSR count). The van der Waals surface area contributed by atoms with E-state index in [0.29, 0.717) is 0 Å². The van der Waals surface area contributed by atoms with Crippen molar-refractivity contribution in [2.75, 3.05) is 7.11 Å². The molecular formula is C15H17NO2. The summed E-state index contributed by atoms with van der Waals surface area (Å²) in [4.78, 5) is 0. The SMILES string of the molecule is COc1ccc(Oc2ccccc2)cc1C(C)N. The fraction of sp³-hybridized carbons (Fsp3) is 0.200. The number of hydrogen-bond donors (Lipinski definition) is 1. The Balaban J connectivity index is 2.27. The van der Waals surface area contributed by atoms with Crippen LogP contribution >= 0.6 is 0 Å². The van der Waals surface area contributed by atoms with E-state index in [1.54, 1.807) is 7.11 Å². The Kier molecular flexibility index (Phi) is 3.85. The molecule has 0 bridgehead atoms. The van der Waals surface area contributed by atoms with E-state index >= 15 is 0 Å². The molecule has 0 fully saturated rings. The monoisotopic (exact) mass is 243 g/mol. The van der Waals surface area contributed by atoms with Gasteiger partial charge in [0.1, 0.15) is 17.2 Å². The molecule has 0 radical (unpaired) electrons. The molecule has 0 heterocycles. The van der Waals surface area contributed by atoms with E-state index in [1.807, 2.05) is 55.5 Å². The summed E-state index contributed by atoms with van der Waals surface area (Å²) in [7, 11) is 1.64. The van der Waals surface area contributed by atoms with Crippen LogP contribution in [0.4, 0.5) is 0 Å². The Morgan fingerprint density at radius 1 is 1.00 bits per heavy atom. The van der Waals surface area contributed by atoms with Crippen LogP contribution in [0.3, 0.4) is 0 Å². The van der Waals surface area contributed by atoms with E-state index < -0.39 is 0 Å². The third-order valence-electron chi connectivity index (χ3n) is 2.67. The highest BCUT2D eigenvalue weighted by Gasteiger charge is 2.09. The molecule has 0 aliphatic heterocycles. The minimum atomic E-state index is -0.0979. The van der Waals surface area contributed by atoms with Gasteiger partial charge in [0, 0.05) is 11.6 Å². The van der Waals surface area contributed by atoms with Gasteiger partial charge in [-0.3, -0.25) is 0 Å². The highest BCUT2D eigenvalue weighted by molar-refractivity contribution is 5.43. The molecule has 0 aliphatic rings. The van der Waals surface area contributed by atoms with Crippen molar-refractivity contribution in [2.45, 2.75) is 13.0 Å². The van der Waals surface area contributed by atoms with Gasteiger partial charge in [-0.15, -0.1) is 0 Å². The first kappa shape index (κ1) is 12.5. The average Bonchev–Trinajstić information content (AvgIpc) is 2.40. The molecular weight excluding hydrogens is 226 g/mol. The predicted octanol–water partition coefficient (Wildman–Crippen LogP) is 3.51. The molecule has 0 aromatic heterocycles. The van der Waals surface area contributed by atoms with Crippen molar-refractivity contribution in [1.82, 2.24) is 0 Å². The van der Waals surface area contributed by atoms with E-state index in [-0.39, 0.29) is 6.04 Å². The summed E-state index contributed by atoms with van der Waals surface area (Å²) >= 11 is 0. The molecule has 2 aromatic rings. The van der Waals surface area contributed by atoms with Gasteiger partial charge in [0.15, 0.2) is 0 Å². The van der Waals surface area contributed by atoms with Crippen molar-refractivity contribution in [2.24, 2.45) is 5.73 Å². The number of rotatable bonds is 4. The summed E-state index contributed by atoms with van der Waals surface area (Å²) in [6, 6.07) is 15.2. The molecule has 94 valence electrons. The third-order valence-corrected chi connectivity index (χ3v) is 2.67. The van der Waals surface area contributed by atoms with Crippen molar-refractivity contribution < 1.29 is 9.47 Å². The molecule has 0 spiro atoms. The van der Waals surface area contributed by atoms with Gasteiger partial charge < -0.3 is 15.2 Å². The Labute approximate surface area is 107 Å². The summed E-state index contributed by atoms with van der Waals surface area (Å²) < 4.78 is 11.0. The summed E-state index contributed by atoms with van der Waals surface area (Å²) in [5.74, 6) is 2.35. The molecule has 2 aromatic carbocycles. The highest BCUT2D eigenvalue weighted by Crippen LogP contribution is 2.30. The van der Waals surface area contributed by atoms with Gasteiger partial charge in [0.05, 0.1) is 7.11 Å². The second-order valence-corrected chi connectivity index (χ2v) is 4.11. The Morgan fingerprint density at radius 3 is 2.33 bits per heavy atom. The lowest BCUT2D eigenvalue weighted by atomic mass is 10.1. The Hall–Kier alpha value is -2.00. The van der Waals surface area contributed by atoms with Crippen LogP contribution in [0.25, 0.3) is 0 Å². The van der Waals surface area contributed by atoms with E-state index in [0.717, 1.165) is 22.8 Å². The maximum atomic E-state index is 5.92. The first-order chi connectivity index (χ1) is 8.70. The van der Waals surface area contributed by atoms with E-state index in [4.69, 9.17) is 15.2 Å². The fourth-order valence-electron chi connectivity index (χ4n) is 1.76. The lowest BCUT2D eigenvalue weighted by Gasteiger charge is -2.14. The number of nitrogens with two attached hydrogens (primary N) is 1. The van der Waals surface area contributed by atoms with Crippen molar-refractivity contribution in [3.8, 4) is 17.2 Å². The van der Waals surface area contributed by atoms with Crippen LogP contribution in [0.2, 0.25) is 0 Å². The quantitative estimate of drug-likeness (QED) is 0.893. The van der Waals surface area contributed by atoms with Gasteiger partial charge in [-0.1, -0.05) is 18.2 Å². The molecule has 0 saturated heterocycles. The Bertz CT molecular complexity index is 509. The molecule has 0 saturated carbocycles. The fourth-order valence-corrected chi connectivity index (χ4v) is 1.76. The molecule has 1 atom stereocenters. The minimum absolute atomic E-state index is 0.0979. The van der Waals surface area contributed by atoms with Crippen molar-refractivity contribution in [3.63, 3.8) is 0 Å². The zero-order valence-corrected chi connectivity index (χ0v) is 10.6. The molecule has 18 heavy (non-hydrogen) atoms. The molecule has 1 unspecified atom stereocenters. The molecule has 0 aliphatic carbocycles. The summed E-state index contributed by atoms with van der Waals surface area (Å²) in [6.45, 7) is 1.92. The lowest BCUT2D eigenvalue weighted by Crippen LogP contribution is -2.07. The second kappa shape index (κ2) is 5.56. The van der Waals surface area contributed by atoms with Gasteiger partial charge in [0.25, 0.3) is 0 Å². The number of ether oxygens (including phenoxy) is 2. The van der Waals surface area contributed by atoms with Gasteiger partial charge in [-0.05, 0) is 37.3 Å². The number of methoxy groups -OCH3 is 1. The number of para-hydroxylation sites is 1. The van der Waals surface area contributed by atoms with E-state index in [2.05, 4.69) is 0 Å². The summed E-state index contributed by atoms with van der Waals surface area (Å²) in [5, 5.41) is 0. The predicted molar refractivity (Wildman–Crippen MR) is 72.1 cm³/mol. The maximum Gasteiger partial charge on any atom is 0.128 e. The smallest absolute Gasteiger partial charge is 0.128 e. The van der Waals surface area contributed by atoms with Crippen molar-refractivity contribution in [3.05, 3.63) is 54.1 Å². The average molecular weight is 243 g/mol. The first-order valence-electron chi connectivity index (χ1n) is 5.87. The molecule has 3 heteroatoms. The van der Waals surface area contributed by atoms with Crippen LogP contribution in [0.5, 0.6) is 17.2 Å². The van der Waals surface area contributed by atoms with Crippen LogP contribution < -0.4 is 15.2 Å². The van der Waals surface area contributed by atoms with Crippen LogP contribution in [-0.4, -0.2) is 7.11 Å². The van der Waals surface area contributed by atoms with Crippen LogP contribution in [0.1, 0.15) is 18.5 Å². The zero-order valence-electron chi connectivity index (χ0n) is 10.6. The van der Waals surface area contributed by atoms with Crippen LogP contribution in [-0.2, 0) is 0 Å². The second-order valence-electron chi connectivity index (χ2n) is 4.11. The molecule has 3 nitrogen and oxygen atoms in total. The van der Waals surface area contributed by atoms with Crippen LogP contribution in [0, 0.1) is 0 Å². The molecule has 0 amide bonds. The first-order valence-corrected chi connectivity index (χ1v) is 5.87. The van der Waals surface area contributed by atoms with E-state index in [9.17, 15) is 0 Å². The standard InChI is InChI=1S/C15H17NO2/c1-11(16)14-10-13(8-9-15(14)17-2)18-12-6-4-3-5-7-12/h3-11H,16H2,1-2H3. The third kappa shape index (κ3) is 2.81. The normalized spacial score (nSPS) is 11.9. The minimum Gasteiger partial charge on any atom is -0.496 e. The Morgan fingerprint density at radius 2 is 1.72 bits per heavy atom. The largest absolute Gasteiger partial charge is 0.496 e. The lowest BCUT2D eigenvalue weighted by molar-refractivity contribution is 0.404. The summed E-state index contributed by atoms with van der Waals surface area (Å²) in [6.07, 6.45) is 0. The highest BCUT2D eigenvalue weighted by atomic mass is 16.5. The molecule has 2 N–H and O–H groups in total. The van der Waals surface area contributed by atoms with Gasteiger partial charge in [-0.25, -0.2) is 0 Å². The zero-order chi connectivity index (χ0) is 13.0. The van der Waals surface area contributed by atoms with Gasteiger partial charge in [-0.2, -0.15) is 0 Å². The maximum absolute atomic E-state index is 5.92. The van der Waals surface area contributed by atoms with Crippen molar-refractivity contribution in [1.29, 1.82) is 0 Å². The van der Waals surface area contributed by atoms with Gasteiger partial charge >= 0.3 is 0 Å². The van der Waals surface area contributed by atoms with Gasteiger partial charge in [0.2, 0.25) is 0 Å². The van der Waals surface area contributed by atoms with E-state index in [1.165, 1.54) is 0 Å². The number of hydrogen-bond acceptors (Lipinski definition) is 3. The van der Waals surface area contributed by atoms with Crippen molar-refractivity contribution >= 4 is 0 Å².